The summed E-state index contributed by atoms with van der Waals surface area (Å²) >= 11 is 0. The predicted octanol–water partition coefficient (Wildman–Crippen LogP) is 1.76. The number of rotatable bonds is 4. The molecule has 3 N–H and O–H groups in total. The van der Waals surface area contributed by atoms with Gasteiger partial charge in [-0.05, 0) is 25.3 Å². The molecule has 0 spiro atoms. The number of sulfonamides is 1. The van der Waals surface area contributed by atoms with Gasteiger partial charge in [0.1, 0.15) is 4.90 Å². The van der Waals surface area contributed by atoms with Crippen LogP contribution in [0.1, 0.15) is 19.3 Å². The van der Waals surface area contributed by atoms with Gasteiger partial charge in [0.25, 0.3) is 5.69 Å². The molecule has 0 aliphatic heterocycles. The van der Waals surface area contributed by atoms with Gasteiger partial charge in [0.05, 0.1) is 10.6 Å². The minimum absolute atomic E-state index is 0.0990. The van der Waals surface area contributed by atoms with E-state index in [0.29, 0.717) is 5.69 Å². The van der Waals surface area contributed by atoms with Crippen molar-refractivity contribution in [2.45, 2.75) is 30.2 Å². The second kappa shape index (κ2) is 5.59. The number of non-ortho nitro benzene ring substituents is 1. The van der Waals surface area contributed by atoms with E-state index in [1.54, 1.807) is 0 Å². The van der Waals surface area contributed by atoms with Crippen LogP contribution in [0, 0.1) is 10.1 Å². The first kappa shape index (κ1) is 14.5. The maximum atomic E-state index is 11.6. The number of nitrogens with two attached hydrogens (primary N) is 1. The Morgan fingerprint density at radius 1 is 1.35 bits per heavy atom. The van der Waals surface area contributed by atoms with Crippen LogP contribution in [0.15, 0.2) is 35.2 Å². The fourth-order valence-corrected chi connectivity index (χ4v) is 2.84. The van der Waals surface area contributed by atoms with Crippen LogP contribution in [-0.4, -0.2) is 19.4 Å². The molecule has 1 atom stereocenters. The fraction of sp³-hybridized carbons (Fsp3) is 0.333. The minimum atomic E-state index is -4.03. The summed E-state index contributed by atoms with van der Waals surface area (Å²) in [4.78, 5) is 9.82. The number of benzene rings is 1. The van der Waals surface area contributed by atoms with Crippen LogP contribution in [0.3, 0.4) is 0 Å². The van der Waals surface area contributed by atoms with Crippen molar-refractivity contribution in [3.63, 3.8) is 0 Å². The quantitative estimate of drug-likeness (QED) is 0.499. The summed E-state index contributed by atoms with van der Waals surface area (Å²) in [5.41, 5.74) is 0.00140. The van der Waals surface area contributed by atoms with Crippen molar-refractivity contribution in [3.8, 4) is 0 Å². The van der Waals surface area contributed by atoms with Crippen LogP contribution in [0.2, 0.25) is 0 Å². The molecule has 0 amide bonds. The number of hydrogen-bond acceptors (Lipinski definition) is 5. The van der Waals surface area contributed by atoms with Crippen LogP contribution < -0.4 is 10.5 Å². The molecule has 1 aromatic carbocycles. The molecule has 108 valence electrons. The second-order valence-corrected chi connectivity index (χ2v) is 6.14. The molecule has 20 heavy (non-hydrogen) atoms. The average Bonchev–Trinajstić information content (AvgIpc) is 2.39. The molecule has 0 aromatic heterocycles. The summed E-state index contributed by atoms with van der Waals surface area (Å²) in [7, 11) is -4.03. The third-order valence-corrected chi connectivity index (χ3v) is 4.06. The Labute approximate surface area is 116 Å². The number of nitro groups is 1. The highest BCUT2D eigenvalue weighted by Gasteiger charge is 2.21. The van der Waals surface area contributed by atoms with Crippen molar-refractivity contribution in [1.29, 1.82) is 0 Å². The maximum absolute atomic E-state index is 11.6. The van der Waals surface area contributed by atoms with E-state index in [4.69, 9.17) is 5.14 Å². The van der Waals surface area contributed by atoms with E-state index >= 15 is 0 Å². The minimum Gasteiger partial charge on any atom is -0.381 e. The topological polar surface area (TPSA) is 115 Å². The van der Waals surface area contributed by atoms with Gasteiger partial charge in [0.15, 0.2) is 0 Å². The number of nitrogens with zero attached hydrogens (tertiary/aromatic N) is 1. The standard InChI is InChI=1S/C12H15N3O4S/c13-20(18,19)12-8-10(15(16)17)6-7-11(12)14-9-4-2-1-3-5-9/h1-2,6-9,14H,3-5H2,(H2,13,18,19). The van der Waals surface area contributed by atoms with Gasteiger partial charge in [-0.2, -0.15) is 0 Å². The second-order valence-electron chi connectivity index (χ2n) is 4.61. The SMILES string of the molecule is NS(=O)(=O)c1cc([N+](=O)[O-])ccc1NC1CC=CCC1. The van der Waals surface area contributed by atoms with Crippen molar-refractivity contribution in [3.05, 3.63) is 40.5 Å². The van der Waals surface area contributed by atoms with E-state index in [0.717, 1.165) is 25.3 Å². The highest BCUT2D eigenvalue weighted by Crippen LogP contribution is 2.27. The summed E-state index contributed by atoms with van der Waals surface area (Å²) in [6.45, 7) is 0. The lowest BCUT2D eigenvalue weighted by Crippen LogP contribution is -2.23. The molecule has 0 radical (unpaired) electrons. The third kappa shape index (κ3) is 3.34. The molecule has 0 saturated carbocycles. The summed E-state index contributed by atoms with van der Waals surface area (Å²) in [6.07, 6.45) is 6.64. The number of allylic oxidation sites excluding steroid dienone is 1. The lowest BCUT2D eigenvalue weighted by atomic mass is 10.0. The van der Waals surface area contributed by atoms with Crippen molar-refractivity contribution >= 4 is 21.4 Å². The Morgan fingerprint density at radius 2 is 2.10 bits per heavy atom. The number of nitrogens with one attached hydrogen (secondary N) is 1. The van der Waals surface area contributed by atoms with Gasteiger partial charge in [0.2, 0.25) is 10.0 Å². The van der Waals surface area contributed by atoms with Gasteiger partial charge in [-0.25, -0.2) is 13.6 Å². The Kier molecular flexibility index (Phi) is 4.05. The van der Waals surface area contributed by atoms with Crippen LogP contribution in [0.25, 0.3) is 0 Å². The Hall–Kier alpha value is -1.93. The Balaban J connectivity index is 2.36. The fourth-order valence-electron chi connectivity index (χ4n) is 2.12. The third-order valence-electron chi connectivity index (χ3n) is 3.11. The number of anilines is 1. The maximum Gasteiger partial charge on any atom is 0.270 e. The first-order chi connectivity index (χ1) is 9.38. The van der Waals surface area contributed by atoms with E-state index < -0.39 is 14.9 Å². The molecule has 2 rings (SSSR count). The smallest absolute Gasteiger partial charge is 0.270 e. The first-order valence-electron chi connectivity index (χ1n) is 6.10. The molecule has 1 aliphatic carbocycles. The van der Waals surface area contributed by atoms with E-state index in [9.17, 15) is 18.5 Å². The average molecular weight is 297 g/mol. The molecule has 0 bridgehead atoms. The van der Waals surface area contributed by atoms with E-state index in [2.05, 4.69) is 11.4 Å². The molecule has 1 aliphatic rings. The van der Waals surface area contributed by atoms with Crippen molar-refractivity contribution in [2.24, 2.45) is 5.14 Å². The largest absolute Gasteiger partial charge is 0.381 e. The van der Waals surface area contributed by atoms with Gasteiger partial charge in [-0.15, -0.1) is 0 Å². The van der Waals surface area contributed by atoms with E-state index in [-0.39, 0.29) is 16.6 Å². The van der Waals surface area contributed by atoms with Gasteiger partial charge < -0.3 is 5.32 Å². The normalized spacial score (nSPS) is 18.8. The number of nitro benzene ring substituents is 1. The lowest BCUT2D eigenvalue weighted by Gasteiger charge is -2.21. The zero-order valence-corrected chi connectivity index (χ0v) is 11.5. The molecular formula is C12H15N3O4S. The Morgan fingerprint density at radius 3 is 2.65 bits per heavy atom. The number of primary sulfonamides is 1. The number of hydrogen-bond donors (Lipinski definition) is 2. The van der Waals surface area contributed by atoms with Crippen molar-refractivity contribution < 1.29 is 13.3 Å². The molecule has 7 nitrogen and oxygen atoms in total. The highest BCUT2D eigenvalue weighted by atomic mass is 32.2. The molecular weight excluding hydrogens is 282 g/mol. The molecule has 1 unspecified atom stereocenters. The van der Waals surface area contributed by atoms with Gasteiger partial charge >= 0.3 is 0 Å². The molecule has 0 fully saturated rings. The lowest BCUT2D eigenvalue weighted by molar-refractivity contribution is -0.385. The monoisotopic (exact) mass is 297 g/mol. The zero-order valence-electron chi connectivity index (χ0n) is 10.7. The van der Waals surface area contributed by atoms with E-state index in [1.807, 2.05) is 6.08 Å². The summed E-state index contributed by atoms with van der Waals surface area (Å²) < 4.78 is 23.1. The molecule has 0 saturated heterocycles. The van der Waals surface area contributed by atoms with Crippen molar-refractivity contribution in [1.82, 2.24) is 0 Å². The molecule has 8 heteroatoms. The first-order valence-corrected chi connectivity index (χ1v) is 7.65. The highest BCUT2D eigenvalue weighted by molar-refractivity contribution is 7.89. The van der Waals surface area contributed by atoms with Gasteiger partial charge in [-0.3, -0.25) is 10.1 Å². The van der Waals surface area contributed by atoms with Crippen LogP contribution in [0.4, 0.5) is 11.4 Å². The summed E-state index contributed by atoms with van der Waals surface area (Å²) in [5, 5.41) is 18.9. The summed E-state index contributed by atoms with van der Waals surface area (Å²) in [5.74, 6) is 0. The van der Waals surface area contributed by atoms with Crippen LogP contribution >= 0.6 is 0 Å². The van der Waals surface area contributed by atoms with Crippen LogP contribution in [-0.2, 0) is 10.0 Å². The molecule has 1 aromatic rings. The molecule has 0 heterocycles. The zero-order chi connectivity index (χ0) is 14.8. The Bertz CT molecular complexity index is 655. The van der Waals surface area contributed by atoms with Gasteiger partial charge in [0, 0.05) is 18.2 Å². The summed E-state index contributed by atoms with van der Waals surface area (Å²) in [6, 6.07) is 3.73. The van der Waals surface area contributed by atoms with Crippen molar-refractivity contribution in [2.75, 3.05) is 5.32 Å². The van der Waals surface area contributed by atoms with Gasteiger partial charge in [-0.1, -0.05) is 12.2 Å². The van der Waals surface area contributed by atoms with E-state index in [1.165, 1.54) is 12.1 Å². The predicted molar refractivity (Wildman–Crippen MR) is 74.9 cm³/mol. The van der Waals surface area contributed by atoms with Crippen LogP contribution in [0.5, 0.6) is 0 Å².